The maximum atomic E-state index is 13.0. The summed E-state index contributed by atoms with van der Waals surface area (Å²) in [7, 11) is -1.73. The summed E-state index contributed by atoms with van der Waals surface area (Å²) in [6, 6.07) is -2.50. The number of likely N-dealkylation sites (tertiary alicyclic amines) is 1. The van der Waals surface area contributed by atoms with Crippen LogP contribution in [-0.2, 0) is 45.8 Å². The van der Waals surface area contributed by atoms with Gasteiger partial charge in [0.1, 0.15) is 12.1 Å². The third-order valence-corrected chi connectivity index (χ3v) is 7.86. The predicted molar refractivity (Wildman–Crippen MR) is 160 cm³/mol. The number of nitrogens with zero attached hydrogens (tertiary/aromatic N) is 5. The molecule has 271 valence electrons. The first kappa shape index (κ1) is 42.1. The zero-order valence-corrected chi connectivity index (χ0v) is 27.2. The molecule has 2 fully saturated rings. The fourth-order valence-electron chi connectivity index (χ4n) is 5.42. The molecule has 1 radical (unpaired) electrons. The van der Waals surface area contributed by atoms with Gasteiger partial charge in [-0.25, -0.2) is 0 Å². The number of aliphatic hydroxyl groups is 1. The summed E-state index contributed by atoms with van der Waals surface area (Å²) in [6.07, 6.45) is 0.951. The van der Waals surface area contributed by atoms with Gasteiger partial charge in [0, 0.05) is 76.0 Å². The third-order valence-electron chi connectivity index (χ3n) is 7.86. The van der Waals surface area contributed by atoms with Gasteiger partial charge in [-0.05, 0) is 19.8 Å². The molecule has 0 aromatic rings. The van der Waals surface area contributed by atoms with E-state index in [-0.39, 0.29) is 102 Å². The summed E-state index contributed by atoms with van der Waals surface area (Å²) in [5.41, 5.74) is 0. The van der Waals surface area contributed by atoms with E-state index in [1.54, 1.807) is 19.6 Å². The minimum atomic E-state index is -1.73. The summed E-state index contributed by atoms with van der Waals surface area (Å²) in [6.45, 7) is 1.22. The third kappa shape index (κ3) is 15.3. The summed E-state index contributed by atoms with van der Waals surface area (Å²) >= 11 is 0. The van der Waals surface area contributed by atoms with Gasteiger partial charge in [0.05, 0.1) is 38.7 Å². The number of rotatable bonds is 14. The second-order valence-electron chi connectivity index (χ2n) is 11.5. The SMILES string of the molecule is C[C@@H](NC(=O)[C@H](CO)NC(=O)CN1CCN(CC(=O)O)CCN(CC(=O)O)CCN(CC(=O)O)CC1)C(=O)N1CCC[C@H]1B(O)O.[Cu]. The van der Waals surface area contributed by atoms with Crippen LogP contribution in [0.25, 0.3) is 0 Å². The number of nitrogens with one attached hydrogen (secondary N) is 2. The predicted octanol–water partition coefficient (Wildman–Crippen LogP) is -5.56. The number of carboxylic acid groups (broad SMARTS) is 3. The van der Waals surface area contributed by atoms with Crippen LogP contribution in [0.15, 0.2) is 0 Å². The smallest absolute Gasteiger partial charge is 0.475 e. The van der Waals surface area contributed by atoms with Crippen molar-refractivity contribution >= 4 is 42.7 Å². The Balaban J connectivity index is 0.0000110. The van der Waals surface area contributed by atoms with Gasteiger partial charge in [0.2, 0.25) is 17.7 Å². The van der Waals surface area contributed by atoms with Crippen molar-refractivity contribution in [3.8, 4) is 0 Å². The van der Waals surface area contributed by atoms with E-state index in [0.717, 1.165) is 0 Å². The van der Waals surface area contributed by atoms with Crippen molar-refractivity contribution in [3.63, 3.8) is 0 Å². The number of aliphatic carboxylic acids is 3. The minimum absolute atomic E-state index is 0. The topological polar surface area (TPSA) is 264 Å². The van der Waals surface area contributed by atoms with Gasteiger partial charge in [0.15, 0.2) is 0 Å². The first-order chi connectivity index (χ1) is 21.7. The van der Waals surface area contributed by atoms with Crippen molar-refractivity contribution in [3.05, 3.63) is 0 Å². The second-order valence-corrected chi connectivity index (χ2v) is 11.5. The van der Waals surface area contributed by atoms with Gasteiger partial charge in [-0.2, -0.15) is 0 Å². The van der Waals surface area contributed by atoms with Crippen LogP contribution in [0.3, 0.4) is 0 Å². The average Bonchev–Trinajstić information content (AvgIpc) is 3.46. The molecule has 2 rings (SSSR count). The zero-order chi connectivity index (χ0) is 34.4. The van der Waals surface area contributed by atoms with Crippen molar-refractivity contribution in [1.29, 1.82) is 0 Å². The molecule has 8 N–H and O–H groups in total. The van der Waals surface area contributed by atoms with E-state index in [1.165, 1.54) is 11.8 Å². The number of hydrogen-bond acceptors (Lipinski definition) is 13. The van der Waals surface area contributed by atoms with E-state index in [2.05, 4.69) is 10.6 Å². The molecule has 2 saturated heterocycles. The molecule has 21 heteroatoms. The molecule has 0 unspecified atom stereocenters. The zero-order valence-electron chi connectivity index (χ0n) is 26.3. The molecule has 0 bridgehead atoms. The van der Waals surface area contributed by atoms with E-state index in [0.29, 0.717) is 12.8 Å². The summed E-state index contributed by atoms with van der Waals surface area (Å²) in [5.74, 6) is -6.10. The van der Waals surface area contributed by atoms with Crippen molar-refractivity contribution in [1.82, 2.24) is 35.1 Å². The molecule has 3 atom stereocenters. The standard InChI is InChI=1S/C26H46BN7O12.Cu/c1-18(26(44)34-4-2-3-20(34)27(45)46)28-25(43)19(17-35)29-21(36)13-30-5-7-31(14-22(37)38)9-11-33(16-24(41)42)12-10-32(8-6-30)15-23(39)40;/h18-20,35,45-46H,2-17H2,1H3,(H,28,43)(H,29,36)(H,37,38)(H,39,40)(H,41,42);/t18-,19+,20+;/m1./s1. The van der Waals surface area contributed by atoms with Gasteiger partial charge >= 0.3 is 25.0 Å². The molecule has 3 amide bonds. The van der Waals surface area contributed by atoms with Crippen LogP contribution >= 0.6 is 0 Å². The Morgan fingerprint density at radius 3 is 1.47 bits per heavy atom. The molecule has 2 heterocycles. The van der Waals surface area contributed by atoms with Crippen LogP contribution in [0.2, 0.25) is 0 Å². The molecule has 19 nitrogen and oxygen atoms in total. The molecule has 2 aliphatic heterocycles. The molecule has 0 saturated carbocycles. The molecule has 2 aliphatic rings. The van der Waals surface area contributed by atoms with E-state index in [9.17, 15) is 59.2 Å². The molecule has 0 spiro atoms. The normalized spacial score (nSPS) is 20.5. The number of carbonyl (C=O) groups is 6. The Kier molecular flexibility index (Phi) is 19.0. The number of amides is 3. The van der Waals surface area contributed by atoms with E-state index in [1.807, 2.05) is 0 Å². The quantitative estimate of drug-likeness (QED) is 0.0777. The van der Waals surface area contributed by atoms with Crippen molar-refractivity contribution in [2.75, 3.05) is 91.7 Å². The minimum Gasteiger partial charge on any atom is -0.480 e. The average molecular weight is 723 g/mol. The van der Waals surface area contributed by atoms with Gasteiger partial charge in [-0.1, -0.05) is 0 Å². The molecular formula is C26H46BCuN7O12. The van der Waals surface area contributed by atoms with E-state index < -0.39 is 67.4 Å². The van der Waals surface area contributed by atoms with Crippen LogP contribution < -0.4 is 10.6 Å². The Hall–Kier alpha value is -2.88. The maximum Gasteiger partial charge on any atom is 0.475 e. The van der Waals surface area contributed by atoms with Crippen LogP contribution in [0.1, 0.15) is 19.8 Å². The summed E-state index contributed by atoms with van der Waals surface area (Å²) in [5, 5.41) is 61.8. The first-order valence-corrected chi connectivity index (χ1v) is 15.1. The number of aliphatic hydroxyl groups excluding tert-OH is 1. The molecule has 0 aromatic heterocycles. The van der Waals surface area contributed by atoms with Crippen LogP contribution in [0.4, 0.5) is 0 Å². The largest absolute Gasteiger partial charge is 0.480 e. The van der Waals surface area contributed by atoms with E-state index in [4.69, 9.17) is 0 Å². The maximum absolute atomic E-state index is 13.0. The van der Waals surface area contributed by atoms with Crippen LogP contribution in [0, 0.1) is 0 Å². The molecule has 47 heavy (non-hydrogen) atoms. The van der Waals surface area contributed by atoms with Crippen molar-refractivity contribution < 1.29 is 76.3 Å². The summed E-state index contributed by atoms with van der Waals surface area (Å²) in [4.78, 5) is 80.7. The second kappa shape index (κ2) is 21.2. The fraction of sp³-hybridized carbons (Fsp3) is 0.769. The van der Waals surface area contributed by atoms with Gasteiger partial charge in [-0.15, -0.1) is 0 Å². The van der Waals surface area contributed by atoms with Crippen molar-refractivity contribution in [2.24, 2.45) is 0 Å². The number of carboxylic acids is 3. The Morgan fingerprint density at radius 1 is 0.702 bits per heavy atom. The van der Waals surface area contributed by atoms with Gasteiger partial charge in [-0.3, -0.25) is 48.4 Å². The fourth-order valence-corrected chi connectivity index (χ4v) is 5.42. The first-order valence-electron chi connectivity index (χ1n) is 15.1. The van der Waals surface area contributed by atoms with Crippen LogP contribution in [0.5, 0.6) is 0 Å². The number of carbonyl (C=O) groups excluding carboxylic acids is 3. The number of hydrogen-bond donors (Lipinski definition) is 8. The monoisotopic (exact) mass is 722 g/mol. The van der Waals surface area contributed by atoms with Gasteiger partial charge in [0.25, 0.3) is 0 Å². The molecule has 0 aliphatic carbocycles. The molecular weight excluding hydrogens is 677 g/mol. The Labute approximate surface area is 283 Å². The molecule has 0 aromatic carbocycles. The van der Waals surface area contributed by atoms with E-state index >= 15 is 0 Å². The van der Waals surface area contributed by atoms with Crippen LogP contribution in [-0.4, -0.2) is 207 Å². The van der Waals surface area contributed by atoms with Gasteiger partial charge < -0.3 is 46.0 Å². The summed E-state index contributed by atoms with van der Waals surface area (Å²) < 4.78 is 0. The Morgan fingerprint density at radius 2 is 1.11 bits per heavy atom. The Bertz CT molecular complexity index is 1050. The van der Waals surface area contributed by atoms with Crippen molar-refractivity contribution in [2.45, 2.75) is 37.8 Å².